The number of hydrogen-bond donors (Lipinski definition) is 2. The van der Waals surface area contributed by atoms with Gasteiger partial charge in [-0.3, -0.25) is 0 Å². The number of hydrogen-bond acceptors (Lipinski definition) is 4. The number of rotatable bonds is 7. The minimum atomic E-state index is -0.587. The van der Waals surface area contributed by atoms with Gasteiger partial charge in [0.05, 0.1) is 5.71 Å². The zero-order valence-corrected chi connectivity index (χ0v) is 15.5. The summed E-state index contributed by atoms with van der Waals surface area (Å²) in [6.45, 7) is 8.72. The number of aliphatic hydroxyl groups excluding tert-OH is 1. The Bertz CT molecular complexity index is 673. The van der Waals surface area contributed by atoms with E-state index in [0.29, 0.717) is 6.54 Å². The number of nitrogens with one attached hydrogen (secondary N) is 1. The van der Waals surface area contributed by atoms with Gasteiger partial charge in [-0.15, -0.1) is 0 Å². The predicted molar refractivity (Wildman–Crippen MR) is 104 cm³/mol. The lowest BCUT2D eigenvalue weighted by Crippen LogP contribution is -2.42. The third-order valence-corrected chi connectivity index (χ3v) is 3.75. The third-order valence-electron chi connectivity index (χ3n) is 3.75. The second-order valence-electron chi connectivity index (χ2n) is 7.20. The molecule has 0 amide bonds. The highest BCUT2D eigenvalue weighted by molar-refractivity contribution is 5.98. The highest BCUT2D eigenvalue weighted by Gasteiger charge is 2.12. The topological polar surface area (TPSA) is 53.9 Å². The SMILES string of the molecule is C/C(=N\OCC(O)CNC(C)(C)C)c1ccc(-c2ccccc2)cc1. The van der Waals surface area contributed by atoms with Gasteiger partial charge in [0, 0.05) is 12.1 Å². The summed E-state index contributed by atoms with van der Waals surface area (Å²) in [5.74, 6) is 0. The molecule has 0 fully saturated rings. The van der Waals surface area contributed by atoms with E-state index >= 15 is 0 Å². The van der Waals surface area contributed by atoms with Crippen LogP contribution in [0.15, 0.2) is 59.8 Å². The molecule has 2 aromatic rings. The Kier molecular flexibility index (Phi) is 6.73. The lowest BCUT2D eigenvalue weighted by Gasteiger charge is -2.22. The average molecular weight is 340 g/mol. The van der Waals surface area contributed by atoms with Gasteiger partial charge in [0.15, 0.2) is 0 Å². The zero-order valence-electron chi connectivity index (χ0n) is 15.5. The first-order valence-corrected chi connectivity index (χ1v) is 8.61. The molecule has 4 nitrogen and oxygen atoms in total. The van der Waals surface area contributed by atoms with Crippen molar-refractivity contribution in [1.29, 1.82) is 0 Å². The van der Waals surface area contributed by atoms with Gasteiger partial charge in [0.2, 0.25) is 0 Å². The number of aliphatic hydroxyl groups is 1. The van der Waals surface area contributed by atoms with Crippen LogP contribution in [0.2, 0.25) is 0 Å². The van der Waals surface area contributed by atoms with Crippen LogP contribution in [0.25, 0.3) is 11.1 Å². The molecule has 0 saturated carbocycles. The zero-order chi connectivity index (χ0) is 18.3. The number of nitrogens with zero attached hydrogens (tertiary/aromatic N) is 1. The van der Waals surface area contributed by atoms with E-state index in [1.54, 1.807) is 0 Å². The quantitative estimate of drug-likeness (QED) is 0.595. The molecule has 0 aliphatic carbocycles. The van der Waals surface area contributed by atoms with E-state index in [0.717, 1.165) is 11.3 Å². The maximum atomic E-state index is 9.90. The van der Waals surface area contributed by atoms with Crippen molar-refractivity contribution < 1.29 is 9.94 Å². The molecule has 2 aromatic carbocycles. The first kappa shape index (κ1) is 19.2. The number of oxime groups is 1. The Morgan fingerprint density at radius 2 is 1.64 bits per heavy atom. The molecule has 0 saturated heterocycles. The molecule has 0 heterocycles. The Morgan fingerprint density at radius 1 is 1.04 bits per heavy atom. The molecule has 1 unspecified atom stereocenters. The summed E-state index contributed by atoms with van der Waals surface area (Å²) >= 11 is 0. The predicted octanol–water partition coefficient (Wildman–Crippen LogP) is 3.84. The Balaban J connectivity index is 1.87. The largest absolute Gasteiger partial charge is 0.393 e. The van der Waals surface area contributed by atoms with Gasteiger partial charge in [-0.1, -0.05) is 59.8 Å². The molecular weight excluding hydrogens is 312 g/mol. The van der Waals surface area contributed by atoms with Gasteiger partial charge in [0.25, 0.3) is 0 Å². The van der Waals surface area contributed by atoms with E-state index in [4.69, 9.17) is 4.84 Å². The fraction of sp³-hybridized carbons (Fsp3) is 0.381. The van der Waals surface area contributed by atoms with Crippen molar-refractivity contribution in [1.82, 2.24) is 5.32 Å². The van der Waals surface area contributed by atoms with Crippen LogP contribution in [0.5, 0.6) is 0 Å². The average Bonchev–Trinajstić information content (AvgIpc) is 2.60. The van der Waals surface area contributed by atoms with Crippen LogP contribution in [0.1, 0.15) is 33.3 Å². The van der Waals surface area contributed by atoms with E-state index in [2.05, 4.69) is 55.5 Å². The first-order chi connectivity index (χ1) is 11.8. The van der Waals surface area contributed by atoms with E-state index in [1.807, 2.05) is 37.3 Å². The van der Waals surface area contributed by atoms with Gasteiger partial charge in [-0.2, -0.15) is 0 Å². The Morgan fingerprint density at radius 3 is 2.24 bits per heavy atom. The summed E-state index contributed by atoms with van der Waals surface area (Å²) in [5.41, 5.74) is 4.12. The summed E-state index contributed by atoms with van der Waals surface area (Å²) in [5, 5.41) is 17.2. The van der Waals surface area contributed by atoms with Crippen molar-refractivity contribution in [3.05, 3.63) is 60.2 Å². The molecule has 0 spiro atoms. The minimum absolute atomic E-state index is 0.0271. The Labute approximate surface area is 150 Å². The summed E-state index contributed by atoms with van der Waals surface area (Å²) in [7, 11) is 0. The lowest BCUT2D eigenvalue weighted by atomic mass is 10.0. The lowest BCUT2D eigenvalue weighted by molar-refractivity contribution is 0.0373. The monoisotopic (exact) mass is 340 g/mol. The molecule has 4 heteroatoms. The van der Waals surface area contributed by atoms with Crippen LogP contribution in [-0.4, -0.2) is 35.6 Å². The highest BCUT2D eigenvalue weighted by Crippen LogP contribution is 2.19. The first-order valence-electron chi connectivity index (χ1n) is 8.61. The molecule has 1 atom stereocenters. The number of benzene rings is 2. The molecule has 0 aromatic heterocycles. The van der Waals surface area contributed by atoms with E-state index in [-0.39, 0.29) is 12.1 Å². The molecule has 0 aliphatic rings. The van der Waals surface area contributed by atoms with Crippen molar-refractivity contribution in [2.45, 2.75) is 39.3 Å². The van der Waals surface area contributed by atoms with Crippen molar-refractivity contribution in [2.75, 3.05) is 13.2 Å². The maximum Gasteiger partial charge on any atom is 0.144 e. The molecule has 134 valence electrons. The molecule has 2 N–H and O–H groups in total. The van der Waals surface area contributed by atoms with E-state index in [1.165, 1.54) is 11.1 Å². The van der Waals surface area contributed by atoms with Gasteiger partial charge in [-0.05, 0) is 44.4 Å². The molecule has 0 radical (unpaired) electrons. The molecule has 0 bridgehead atoms. The molecule has 25 heavy (non-hydrogen) atoms. The maximum absolute atomic E-state index is 9.90. The van der Waals surface area contributed by atoms with Crippen molar-refractivity contribution in [3.63, 3.8) is 0 Å². The van der Waals surface area contributed by atoms with Crippen molar-refractivity contribution >= 4 is 5.71 Å². The van der Waals surface area contributed by atoms with Gasteiger partial charge in [-0.25, -0.2) is 0 Å². The summed E-state index contributed by atoms with van der Waals surface area (Å²) < 4.78 is 0. The fourth-order valence-electron chi connectivity index (χ4n) is 2.29. The standard InChI is InChI=1S/C21H28N2O2/c1-16(23-25-15-20(24)14-22-21(2,3)4)17-10-12-19(13-11-17)18-8-6-5-7-9-18/h5-13,20,22,24H,14-15H2,1-4H3/b23-16+. The van der Waals surface area contributed by atoms with Crippen molar-refractivity contribution in [2.24, 2.45) is 5.16 Å². The van der Waals surface area contributed by atoms with Gasteiger partial charge in [0.1, 0.15) is 12.7 Å². The van der Waals surface area contributed by atoms with Crippen LogP contribution < -0.4 is 5.32 Å². The summed E-state index contributed by atoms with van der Waals surface area (Å²) in [6.07, 6.45) is -0.587. The van der Waals surface area contributed by atoms with Gasteiger partial charge >= 0.3 is 0 Å². The van der Waals surface area contributed by atoms with E-state index < -0.39 is 6.10 Å². The fourth-order valence-corrected chi connectivity index (χ4v) is 2.29. The summed E-state index contributed by atoms with van der Waals surface area (Å²) in [6, 6.07) is 18.5. The molecule has 0 aliphatic heterocycles. The second-order valence-corrected chi connectivity index (χ2v) is 7.20. The van der Waals surface area contributed by atoms with Crippen LogP contribution in [0, 0.1) is 0 Å². The Hall–Kier alpha value is -2.17. The molecular formula is C21H28N2O2. The molecule has 2 rings (SSSR count). The smallest absolute Gasteiger partial charge is 0.144 e. The minimum Gasteiger partial charge on any atom is -0.393 e. The second kappa shape index (κ2) is 8.79. The van der Waals surface area contributed by atoms with Gasteiger partial charge < -0.3 is 15.3 Å². The van der Waals surface area contributed by atoms with Crippen LogP contribution in [0.3, 0.4) is 0 Å². The van der Waals surface area contributed by atoms with E-state index in [9.17, 15) is 5.11 Å². The van der Waals surface area contributed by atoms with Crippen LogP contribution in [0.4, 0.5) is 0 Å². The normalized spacial score (nSPS) is 13.6. The number of β-amino-alcohol motifs (C(OH)–C–C–N with tert-alkyl or cyclic N) is 1. The summed E-state index contributed by atoms with van der Waals surface area (Å²) in [4.78, 5) is 5.29. The van der Waals surface area contributed by atoms with Crippen LogP contribution in [-0.2, 0) is 4.84 Å². The van der Waals surface area contributed by atoms with Crippen molar-refractivity contribution in [3.8, 4) is 11.1 Å². The third kappa shape index (κ3) is 6.69. The highest BCUT2D eigenvalue weighted by atomic mass is 16.6. The van der Waals surface area contributed by atoms with Crippen LogP contribution >= 0.6 is 0 Å².